The maximum atomic E-state index is 6.21. The minimum atomic E-state index is 0.430. The van der Waals surface area contributed by atoms with Crippen molar-refractivity contribution in [3.05, 3.63) is 71.0 Å². The van der Waals surface area contributed by atoms with Crippen molar-refractivity contribution in [3.63, 3.8) is 0 Å². The first-order valence-corrected chi connectivity index (χ1v) is 11.0. The molecule has 2 aromatic carbocycles. The van der Waals surface area contributed by atoms with Crippen molar-refractivity contribution in [1.82, 2.24) is 19.9 Å². The van der Waals surface area contributed by atoms with Crippen LogP contribution in [0.15, 0.2) is 65.4 Å². The topological polar surface area (TPSA) is 77.2 Å². The van der Waals surface area contributed by atoms with Crippen molar-refractivity contribution >= 4 is 32.8 Å². The fourth-order valence-electron chi connectivity index (χ4n) is 3.92. The largest absolute Gasteiger partial charge is 0.383 e. The molecule has 0 atom stereocenters. The number of halogens is 1. The third-order valence-electron chi connectivity index (χ3n) is 5.53. The summed E-state index contributed by atoms with van der Waals surface area (Å²) >= 11 is 3.56. The van der Waals surface area contributed by atoms with Gasteiger partial charge in [0.05, 0.1) is 24.3 Å². The second-order valence-corrected chi connectivity index (χ2v) is 8.52. The first kappa shape index (κ1) is 20.1. The van der Waals surface area contributed by atoms with Gasteiger partial charge in [0, 0.05) is 29.7 Å². The van der Waals surface area contributed by atoms with Gasteiger partial charge < -0.3 is 10.5 Å². The number of hydrogen-bond donors (Lipinski definition) is 1. The highest BCUT2D eigenvalue weighted by Crippen LogP contribution is 2.34. The normalized spacial score (nSPS) is 14.7. The van der Waals surface area contributed by atoms with Gasteiger partial charge in [-0.15, -0.1) is 0 Å². The molecule has 0 saturated carbocycles. The number of anilines is 1. The lowest BCUT2D eigenvalue weighted by atomic mass is 9.99. The van der Waals surface area contributed by atoms with Crippen LogP contribution in [0.4, 0.5) is 5.82 Å². The summed E-state index contributed by atoms with van der Waals surface area (Å²) in [6.45, 7) is 4.50. The molecule has 1 fully saturated rings. The van der Waals surface area contributed by atoms with E-state index in [4.69, 9.17) is 15.5 Å². The zero-order valence-corrected chi connectivity index (χ0v) is 18.5. The van der Waals surface area contributed by atoms with Gasteiger partial charge in [-0.3, -0.25) is 4.90 Å². The van der Waals surface area contributed by atoms with Crippen LogP contribution in [0.25, 0.3) is 33.4 Å². The van der Waals surface area contributed by atoms with E-state index < -0.39 is 0 Å². The first-order valence-electron chi connectivity index (χ1n) is 10.2. The molecule has 0 spiro atoms. The van der Waals surface area contributed by atoms with Gasteiger partial charge in [0.1, 0.15) is 12.1 Å². The van der Waals surface area contributed by atoms with E-state index in [1.807, 2.05) is 12.1 Å². The van der Waals surface area contributed by atoms with Crippen LogP contribution in [-0.2, 0) is 11.3 Å². The Bertz CT molecular complexity index is 1220. The number of nitrogens with two attached hydrogens (primary N) is 1. The lowest BCUT2D eigenvalue weighted by Crippen LogP contribution is -2.35. The van der Waals surface area contributed by atoms with Crippen LogP contribution >= 0.6 is 15.9 Å². The van der Waals surface area contributed by atoms with Crippen molar-refractivity contribution < 1.29 is 4.74 Å². The SMILES string of the molecule is Nc1ncnc2nc(-c3ccc(CN4CCOCC4)cc3)cc(-c3cccc(Br)c3)c12. The highest BCUT2D eigenvalue weighted by Gasteiger charge is 2.15. The second-order valence-electron chi connectivity index (χ2n) is 7.61. The van der Waals surface area contributed by atoms with Crippen LogP contribution in [0.3, 0.4) is 0 Å². The lowest BCUT2D eigenvalue weighted by Gasteiger charge is -2.26. The molecule has 0 radical (unpaired) electrons. The number of benzene rings is 2. The molecule has 2 aromatic heterocycles. The molecular weight excluding hydrogens is 454 g/mol. The van der Waals surface area contributed by atoms with Gasteiger partial charge in [-0.1, -0.05) is 52.3 Å². The Morgan fingerprint density at radius 2 is 1.77 bits per heavy atom. The Kier molecular flexibility index (Phi) is 5.63. The molecular formula is C24H22BrN5O. The first-order chi connectivity index (χ1) is 15.2. The minimum Gasteiger partial charge on any atom is -0.383 e. The Hall–Kier alpha value is -2.87. The van der Waals surface area contributed by atoms with Gasteiger partial charge in [-0.2, -0.15) is 0 Å². The minimum absolute atomic E-state index is 0.430. The number of aromatic nitrogens is 3. The van der Waals surface area contributed by atoms with Gasteiger partial charge in [-0.05, 0) is 34.9 Å². The van der Waals surface area contributed by atoms with Crippen LogP contribution in [0.1, 0.15) is 5.56 Å². The molecule has 3 heterocycles. The quantitative estimate of drug-likeness (QED) is 0.466. The summed E-state index contributed by atoms with van der Waals surface area (Å²) in [5.74, 6) is 0.430. The molecule has 5 rings (SSSR count). The van der Waals surface area contributed by atoms with Gasteiger partial charge in [0.2, 0.25) is 0 Å². The number of hydrogen-bond acceptors (Lipinski definition) is 6. The summed E-state index contributed by atoms with van der Waals surface area (Å²) in [7, 11) is 0. The number of rotatable bonds is 4. The van der Waals surface area contributed by atoms with Crippen LogP contribution in [0.2, 0.25) is 0 Å². The summed E-state index contributed by atoms with van der Waals surface area (Å²) in [6.07, 6.45) is 1.46. The molecule has 0 unspecified atom stereocenters. The molecule has 156 valence electrons. The molecule has 0 bridgehead atoms. The fraction of sp³-hybridized carbons (Fsp3) is 0.208. The Morgan fingerprint density at radius 1 is 0.968 bits per heavy atom. The maximum Gasteiger partial charge on any atom is 0.165 e. The third kappa shape index (κ3) is 4.30. The highest BCUT2D eigenvalue weighted by atomic mass is 79.9. The molecule has 2 N–H and O–H groups in total. The van der Waals surface area contributed by atoms with E-state index in [0.717, 1.165) is 65.1 Å². The van der Waals surface area contributed by atoms with E-state index in [-0.39, 0.29) is 0 Å². The molecule has 7 heteroatoms. The summed E-state index contributed by atoms with van der Waals surface area (Å²) in [4.78, 5) is 15.8. The van der Waals surface area contributed by atoms with Gasteiger partial charge in [-0.25, -0.2) is 15.0 Å². The fourth-order valence-corrected chi connectivity index (χ4v) is 4.32. The van der Waals surface area contributed by atoms with Crippen LogP contribution in [-0.4, -0.2) is 46.2 Å². The lowest BCUT2D eigenvalue weighted by molar-refractivity contribution is 0.0342. The summed E-state index contributed by atoms with van der Waals surface area (Å²) in [5, 5.41) is 0.772. The number of pyridine rings is 1. The average molecular weight is 476 g/mol. The molecule has 1 aliphatic heterocycles. The van der Waals surface area contributed by atoms with E-state index >= 15 is 0 Å². The molecule has 0 aliphatic carbocycles. The second kappa shape index (κ2) is 8.70. The maximum absolute atomic E-state index is 6.21. The molecule has 0 amide bonds. The van der Waals surface area contributed by atoms with E-state index in [0.29, 0.717) is 11.5 Å². The van der Waals surface area contributed by atoms with E-state index in [2.05, 4.69) is 73.3 Å². The number of ether oxygens (including phenoxy) is 1. The molecule has 1 saturated heterocycles. The number of nitrogen functional groups attached to an aromatic ring is 1. The van der Waals surface area contributed by atoms with Crippen molar-refractivity contribution in [2.24, 2.45) is 0 Å². The van der Waals surface area contributed by atoms with E-state index in [9.17, 15) is 0 Å². The average Bonchev–Trinajstić information content (AvgIpc) is 2.80. The van der Waals surface area contributed by atoms with E-state index in [1.165, 1.54) is 11.9 Å². The number of fused-ring (bicyclic) bond motifs is 1. The predicted molar refractivity (Wildman–Crippen MR) is 126 cm³/mol. The van der Waals surface area contributed by atoms with Crippen LogP contribution in [0, 0.1) is 0 Å². The highest BCUT2D eigenvalue weighted by molar-refractivity contribution is 9.10. The molecule has 6 nitrogen and oxygen atoms in total. The summed E-state index contributed by atoms with van der Waals surface area (Å²) < 4.78 is 6.44. The molecule has 31 heavy (non-hydrogen) atoms. The Morgan fingerprint density at radius 3 is 2.55 bits per heavy atom. The molecule has 4 aromatic rings. The Balaban J connectivity index is 1.54. The smallest absolute Gasteiger partial charge is 0.165 e. The standard InChI is InChI=1S/C24H22BrN5O/c25-19-3-1-2-18(12-19)20-13-21(29-24-22(20)23(26)27-15-28-24)17-6-4-16(5-7-17)14-30-8-10-31-11-9-30/h1-7,12-13,15H,8-11,14H2,(H2,26,27,28,29). The van der Waals surface area contributed by atoms with Crippen molar-refractivity contribution in [3.8, 4) is 22.4 Å². The monoisotopic (exact) mass is 475 g/mol. The van der Waals surface area contributed by atoms with Crippen LogP contribution < -0.4 is 5.73 Å². The van der Waals surface area contributed by atoms with Crippen molar-refractivity contribution in [2.75, 3.05) is 32.0 Å². The number of nitrogens with zero attached hydrogens (tertiary/aromatic N) is 4. The third-order valence-corrected chi connectivity index (χ3v) is 6.02. The van der Waals surface area contributed by atoms with E-state index in [1.54, 1.807) is 0 Å². The zero-order chi connectivity index (χ0) is 21.2. The summed E-state index contributed by atoms with van der Waals surface area (Å²) in [5.41, 5.74) is 12.0. The van der Waals surface area contributed by atoms with Crippen molar-refractivity contribution in [1.29, 1.82) is 0 Å². The Labute approximate surface area is 189 Å². The zero-order valence-electron chi connectivity index (χ0n) is 17.0. The van der Waals surface area contributed by atoms with Crippen LogP contribution in [0.5, 0.6) is 0 Å². The van der Waals surface area contributed by atoms with Gasteiger partial charge in [0.25, 0.3) is 0 Å². The van der Waals surface area contributed by atoms with Crippen molar-refractivity contribution in [2.45, 2.75) is 6.54 Å². The summed E-state index contributed by atoms with van der Waals surface area (Å²) in [6, 6.07) is 18.8. The molecule has 1 aliphatic rings. The predicted octanol–water partition coefficient (Wildman–Crippen LogP) is 4.54. The number of morpholine rings is 1. The van der Waals surface area contributed by atoms with Gasteiger partial charge >= 0.3 is 0 Å². The van der Waals surface area contributed by atoms with Gasteiger partial charge in [0.15, 0.2) is 5.65 Å².